The highest BCUT2D eigenvalue weighted by Crippen LogP contribution is 2.34. The van der Waals surface area contributed by atoms with Crippen LogP contribution in [0.15, 0.2) is 47.1 Å². The van der Waals surface area contributed by atoms with E-state index in [9.17, 15) is 9.59 Å². The molecule has 0 saturated carbocycles. The van der Waals surface area contributed by atoms with Gasteiger partial charge in [-0.3, -0.25) is 9.69 Å². The number of pyridine rings is 1. The highest BCUT2D eigenvalue weighted by atomic mass is 79.9. The Kier molecular flexibility index (Phi) is 4.12. The number of halogens is 2. The third kappa shape index (κ3) is 2.84. The molecule has 1 N–H and O–H groups in total. The Labute approximate surface area is 146 Å². The molecular weight excluding hydrogens is 382 g/mol. The summed E-state index contributed by atoms with van der Waals surface area (Å²) in [6, 6.07) is 10.3. The maximum atomic E-state index is 12.8. The Morgan fingerprint density at radius 1 is 1.26 bits per heavy atom. The van der Waals surface area contributed by atoms with Crippen molar-refractivity contribution >= 4 is 39.5 Å². The van der Waals surface area contributed by atoms with E-state index >= 15 is 0 Å². The maximum Gasteiger partial charge on any atom is 0.325 e. The van der Waals surface area contributed by atoms with E-state index in [2.05, 4.69) is 26.2 Å². The molecule has 0 radical (unpaired) electrons. The summed E-state index contributed by atoms with van der Waals surface area (Å²) in [5.41, 5.74) is 0.348. The fraction of sp³-hybridized carbons (Fsp3) is 0.188. The minimum absolute atomic E-state index is 0.148. The van der Waals surface area contributed by atoms with Crippen LogP contribution in [-0.4, -0.2) is 21.8 Å². The van der Waals surface area contributed by atoms with Gasteiger partial charge in [0.05, 0.1) is 6.54 Å². The zero-order valence-electron chi connectivity index (χ0n) is 12.2. The van der Waals surface area contributed by atoms with E-state index < -0.39 is 11.6 Å². The monoisotopic (exact) mass is 393 g/mol. The van der Waals surface area contributed by atoms with Gasteiger partial charge in [-0.1, -0.05) is 51.8 Å². The summed E-state index contributed by atoms with van der Waals surface area (Å²) in [5.74, 6) is -0.302. The topological polar surface area (TPSA) is 62.3 Å². The summed E-state index contributed by atoms with van der Waals surface area (Å²) in [5, 5.41) is 3.14. The molecule has 0 spiro atoms. The first kappa shape index (κ1) is 16.0. The summed E-state index contributed by atoms with van der Waals surface area (Å²) in [4.78, 5) is 30.3. The van der Waals surface area contributed by atoms with Gasteiger partial charge in [-0.05, 0) is 24.6 Å². The van der Waals surface area contributed by atoms with Crippen LogP contribution >= 0.6 is 27.5 Å². The average molecular weight is 395 g/mol. The van der Waals surface area contributed by atoms with Gasteiger partial charge in [-0.25, -0.2) is 9.78 Å². The van der Waals surface area contributed by atoms with Gasteiger partial charge in [0.1, 0.15) is 10.7 Å². The predicted molar refractivity (Wildman–Crippen MR) is 89.8 cm³/mol. The van der Waals surface area contributed by atoms with Crippen LogP contribution in [0.4, 0.5) is 4.79 Å². The smallest absolute Gasteiger partial charge is 0.319 e. The molecule has 5 nitrogen and oxygen atoms in total. The lowest BCUT2D eigenvalue weighted by Crippen LogP contribution is -2.41. The number of urea groups is 1. The van der Waals surface area contributed by atoms with Crippen LogP contribution in [0.5, 0.6) is 0 Å². The van der Waals surface area contributed by atoms with Gasteiger partial charge < -0.3 is 5.32 Å². The number of amides is 3. The van der Waals surface area contributed by atoms with Crippen molar-refractivity contribution in [3.63, 3.8) is 0 Å². The molecule has 1 fully saturated rings. The van der Waals surface area contributed by atoms with E-state index in [1.165, 1.54) is 4.90 Å². The Morgan fingerprint density at radius 3 is 2.65 bits per heavy atom. The lowest BCUT2D eigenvalue weighted by molar-refractivity contribution is -0.131. The van der Waals surface area contributed by atoms with E-state index in [-0.39, 0.29) is 12.5 Å². The van der Waals surface area contributed by atoms with Crippen molar-refractivity contribution in [3.8, 4) is 0 Å². The van der Waals surface area contributed by atoms with E-state index in [4.69, 9.17) is 11.6 Å². The second-order valence-electron chi connectivity index (χ2n) is 5.42. The van der Waals surface area contributed by atoms with Crippen LogP contribution < -0.4 is 5.32 Å². The van der Waals surface area contributed by atoms with Gasteiger partial charge in [0, 0.05) is 16.2 Å². The first-order valence-electron chi connectivity index (χ1n) is 6.91. The Morgan fingerprint density at radius 2 is 2.00 bits per heavy atom. The molecule has 118 valence electrons. The summed E-state index contributed by atoms with van der Waals surface area (Å²) in [7, 11) is 0. The highest BCUT2D eigenvalue weighted by molar-refractivity contribution is 9.10. The third-order valence-corrected chi connectivity index (χ3v) is 4.73. The van der Waals surface area contributed by atoms with E-state index in [1.54, 1.807) is 25.3 Å². The fourth-order valence-electron chi connectivity index (χ4n) is 2.57. The molecular formula is C16H13BrClN3O2. The average Bonchev–Trinajstić information content (AvgIpc) is 2.74. The summed E-state index contributed by atoms with van der Waals surface area (Å²) in [6.45, 7) is 1.85. The largest absolute Gasteiger partial charge is 0.325 e. The van der Waals surface area contributed by atoms with Crippen LogP contribution in [0.3, 0.4) is 0 Å². The van der Waals surface area contributed by atoms with Crippen molar-refractivity contribution in [1.29, 1.82) is 0 Å². The number of benzene rings is 1. The van der Waals surface area contributed by atoms with E-state index in [1.807, 2.05) is 24.3 Å². The molecule has 1 saturated heterocycles. The minimum Gasteiger partial charge on any atom is -0.319 e. The van der Waals surface area contributed by atoms with Crippen molar-refractivity contribution in [2.75, 3.05) is 0 Å². The number of carbonyl (C=O) groups is 2. The predicted octanol–water partition coefficient (Wildman–Crippen LogP) is 3.46. The number of carbonyl (C=O) groups excluding carboxylic acids is 2. The number of rotatable bonds is 3. The van der Waals surface area contributed by atoms with Crippen LogP contribution in [0.1, 0.15) is 18.1 Å². The molecule has 1 aliphatic heterocycles. The zero-order valence-corrected chi connectivity index (χ0v) is 14.6. The van der Waals surface area contributed by atoms with Crippen molar-refractivity contribution in [2.45, 2.75) is 19.0 Å². The molecule has 3 rings (SSSR count). The maximum absolute atomic E-state index is 12.8. The van der Waals surface area contributed by atoms with Gasteiger partial charge in [0.15, 0.2) is 0 Å². The molecule has 7 heteroatoms. The summed E-state index contributed by atoms with van der Waals surface area (Å²) >= 11 is 9.19. The second kappa shape index (κ2) is 5.94. The number of nitrogens with zero attached hydrogens (tertiary/aromatic N) is 2. The molecule has 1 atom stereocenters. The van der Waals surface area contributed by atoms with Gasteiger partial charge in [0.2, 0.25) is 0 Å². The lowest BCUT2D eigenvalue weighted by atomic mass is 9.92. The number of hydrogen-bond acceptors (Lipinski definition) is 3. The quantitative estimate of drug-likeness (QED) is 0.640. The van der Waals surface area contributed by atoms with Crippen molar-refractivity contribution in [3.05, 3.63) is 63.3 Å². The van der Waals surface area contributed by atoms with Crippen molar-refractivity contribution in [2.24, 2.45) is 0 Å². The Bertz CT molecular complexity index is 781. The summed E-state index contributed by atoms with van der Waals surface area (Å²) in [6.07, 6.45) is 1.55. The number of aromatic nitrogens is 1. The minimum atomic E-state index is -1.10. The zero-order chi connectivity index (χ0) is 16.6. The van der Waals surface area contributed by atoms with Crippen LogP contribution in [0.2, 0.25) is 5.15 Å². The Balaban J connectivity index is 1.91. The van der Waals surface area contributed by atoms with Gasteiger partial charge in [-0.2, -0.15) is 0 Å². The van der Waals surface area contributed by atoms with Crippen LogP contribution in [-0.2, 0) is 16.9 Å². The first-order chi connectivity index (χ1) is 10.9. The number of imide groups is 1. The molecule has 1 aromatic carbocycles. The van der Waals surface area contributed by atoms with Crippen molar-refractivity contribution in [1.82, 2.24) is 15.2 Å². The summed E-state index contributed by atoms with van der Waals surface area (Å²) < 4.78 is 0.770. The molecule has 2 aromatic rings. The SMILES string of the molecule is CC1(c2ccccc2Br)NC(=O)N(Cc2ccc(Cl)nc2)C1=O. The first-order valence-corrected chi connectivity index (χ1v) is 8.08. The normalized spacial score (nSPS) is 20.7. The molecule has 2 heterocycles. The van der Waals surface area contributed by atoms with Gasteiger partial charge in [-0.15, -0.1) is 0 Å². The molecule has 0 bridgehead atoms. The molecule has 1 unspecified atom stereocenters. The fourth-order valence-corrected chi connectivity index (χ4v) is 3.37. The molecule has 0 aliphatic carbocycles. The van der Waals surface area contributed by atoms with E-state index in [0.717, 1.165) is 15.6 Å². The molecule has 3 amide bonds. The number of nitrogens with one attached hydrogen (secondary N) is 1. The highest BCUT2D eigenvalue weighted by Gasteiger charge is 2.49. The Hall–Kier alpha value is -1.92. The van der Waals surface area contributed by atoms with Gasteiger partial charge in [0.25, 0.3) is 5.91 Å². The van der Waals surface area contributed by atoms with Crippen LogP contribution in [0.25, 0.3) is 0 Å². The lowest BCUT2D eigenvalue weighted by Gasteiger charge is -2.23. The van der Waals surface area contributed by atoms with Crippen molar-refractivity contribution < 1.29 is 9.59 Å². The number of hydrogen-bond donors (Lipinski definition) is 1. The molecule has 1 aliphatic rings. The standard InChI is InChI=1S/C16H13BrClN3O2/c1-16(11-4-2-3-5-12(11)17)14(22)21(15(23)20-16)9-10-6-7-13(18)19-8-10/h2-8H,9H2,1H3,(H,20,23). The van der Waals surface area contributed by atoms with Gasteiger partial charge >= 0.3 is 6.03 Å². The molecule has 23 heavy (non-hydrogen) atoms. The second-order valence-corrected chi connectivity index (χ2v) is 6.66. The van der Waals surface area contributed by atoms with Crippen LogP contribution in [0, 0.1) is 0 Å². The third-order valence-electron chi connectivity index (χ3n) is 3.82. The van der Waals surface area contributed by atoms with E-state index in [0.29, 0.717) is 5.15 Å². The molecule has 1 aromatic heterocycles.